The first-order chi connectivity index (χ1) is 13.7. The first-order valence-electron chi connectivity index (χ1n) is 8.95. The maximum atomic E-state index is 12.9. The van der Waals surface area contributed by atoms with Crippen molar-refractivity contribution in [1.29, 1.82) is 0 Å². The fraction of sp³-hybridized carbons (Fsp3) is 0.316. The van der Waals surface area contributed by atoms with Crippen molar-refractivity contribution < 1.29 is 4.79 Å². The number of nitrogens with one attached hydrogen (secondary N) is 1. The summed E-state index contributed by atoms with van der Waals surface area (Å²) in [5.74, 6) is -0.722. The summed E-state index contributed by atoms with van der Waals surface area (Å²) in [6.07, 6.45) is 0. The molecule has 0 aliphatic carbocycles. The number of nitrogens with two attached hydrogens (primary N) is 1. The second-order valence-electron chi connectivity index (χ2n) is 7.01. The number of H-pyrrole nitrogens is 1. The number of hydrogen-bond donors (Lipinski definition) is 2. The van der Waals surface area contributed by atoms with Gasteiger partial charge in [-0.05, 0) is 18.1 Å². The highest BCUT2D eigenvalue weighted by Gasteiger charge is 2.20. The molecular weight excluding hydrogens is 394 g/mol. The van der Waals surface area contributed by atoms with Gasteiger partial charge in [-0.3, -0.25) is 28.5 Å². The number of thioether (sulfide) groups is 1. The number of carbonyl (C=O) groups is 1. The number of anilines is 1. The summed E-state index contributed by atoms with van der Waals surface area (Å²) in [5.41, 5.74) is 4.34. The van der Waals surface area contributed by atoms with E-state index in [1.165, 1.54) is 7.05 Å². The third-order valence-corrected chi connectivity index (χ3v) is 5.33. The highest BCUT2D eigenvalue weighted by atomic mass is 32.2. The highest BCUT2D eigenvalue weighted by molar-refractivity contribution is 7.99. The Morgan fingerprint density at radius 1 is 1.24 bits per heavy atom. The minimum absolute atomic E-state index is 0.158. The minimum atomic E-state index is -0.831. The molecule has 0 saturated heterocycles. The van der Waals surface area contributed by atoms with Crippen LogP contribution in [0.5, 0.6) is 0 Å². The molecule has 0 unspecified atom stereocenters. The number of aromatic nitrogens is 4. The van der Waals surface area contributed by atoms with Crippen molar-refractivity contribution in [3.05, 3.63) is 61.0 Å². The van der Waals surface area contributed by atoms with Gasteiger partial charge >= 0.3 is 5.69 Å². The van der Waals surface area contributed by atoms with E-state index in [0.717, 1.165) is 16.3 Å². The molecule has 0 fully saturated rings. The average Bonchev–Trinajstić information content (AvgIpc) is 2.67. The Hall–Kier alpha value is -3.14. The van der Waals surface area contributed by atoms with Gasteiger partial charge in [0.1, 0.15) is 11.4 Å². The van der Waals surface area contributed by atoms with E-state index in [0.29, 0.717) is 22.6 Å². The van der Waals surface area contributed by atoms with Gasteiger partial charge in [-0.2, -0.15) is 0 Å². The maximum Gasteiger partial charge on any atom is 0.329 e. The molecule has 0 atom stereocenters. The quantitative estimate of drug-likeness (QED) is 0.348. The SMILES string of the molecule is CC(C)Cn1c(SCC(=O)c2c(N)n(C)c(=O)[nH]c2=O)nc2ccccc2c1=O. The fourth-order valence-corrected chi connectivity index (χ4v) is 3.77. The summed E-state index contributed by atoms with van der Waals surface area (Å²) in [4.78, 5) is 55.8. The molecule has 0 spiro atoms. The summed E-state index contributed by atoms with van der Waals surface area (Å²) >= 11 is 1.06. The van der Waals surface area contributed by atoms with Crippen LogP contribution in [0.2, 0.25) is 0 Å². The van der Waals surface area contributed by atoms with Crippen LogP contribution in [0.1, 0.15) is 24.2 Å². The van der Waals surface area contributed by atoms with Crippen molar-refractivity contribution in [2.45, 2.75) is 25.5 Å². The molecule has 29 heavy (non-hydrogen) atoms. The number of rotatable bonds is 6. The summed E-state index contributed by atoms with van der Waals surface area (Å²) in [7, 11) is 1.36. The summed E-state index contributed by atoms with van der Waals surface area (Å²) in [6.45, 7) is 4.40. The molecular formula is C19H21N5O4S. The van der Waals surface area contributed by atoms with Gasteiger partial charge in [-0.1, -0.05) is 37.7 Å². The van der Waals surface area contributed by atoms with E-state index in [2.05, 4.69) is 9.97 Å². The van der Waals surface area contributed by atoms with Gasteiger partial charge in [-0.15, -0.1) is 0 Å². The lowest BCUT2D eigenvalue weighted by Gasteiger charge is -2.15. The van der Waals surface area contributed by atoms with Crippen molar-refractivity contribution in [2.75, 3.05) is 11.5 Å². The van der Waals surface area contributed by atoms with Crippen LogP contribution in [0, 0.1) is 5.92 Å². The van der Waals surface area contributed by atoms with Crippen LogP contribution in [0.15, 0.2) is 43.8 Å². The second-order valence-corrected chi connectivity index (χ2v) is 7.95. The van der Waals surface area contributed by atoms with Gasteiger partial charge in [0.2, 0.25) is 0 Å². The smallest absolute Gasteiger partial charge is 0.329 e. The van der Waals surface area contributed by atoms with E-state index < -0.39 is 17.0 Å². The Kier molecular flexibility index (Phi) is 5.73. The Morgan fingerprint density at radius 2 is 1.93 bits per heavy atom. The molecule has 0 bridgehead atoms. The Balaban J connectivity index is 2.00. The molecule has 0 amide bonds. The molecule has 0 saturated carbocycles. The van der Waals surface area contributed by atoms with Gasteiger partial charge in [0.25, 0.3) is 11.1 Å². The molecule has 10 heteroatoms. The zero-order valence-corrected chi connectivity index (χ0v) is 17.1. The van der Waals surface area contributed by atoms with E-state index in [1.807, 2.05) is 13.8 Å². The summed E-state index contributed by atoms with van der Waals surface area (Å²) < 4.78 is 2.54. The number of Topliss-reactive ketones (excluding diaryl/α,β-unsaturated/α-hetero) is 1. The van der Waals surface area contributed by atoms with Gasteiger partial charge in [0, 0.05) is 13.6 Å². The van der Waals surface area contributed by atoms with E-state index in [4.69, 9.17) is 5.73 Å². The second kappa shape index (κ2) is 8.08. The molecule has 0 radical (unpaired) electrons. The topological polar surface area (TPSA) is 133 Å². The Labute approximate surface area is 169 Å². The number of ketones is 1. The lowest BCUT2D eigenvalue weighted by atomic mass is 10.2. The van der Waals surface area contributed by atoms with Crippen molar-refractivity contribution in [3.63, 3.8) is 0 Å². The monoisotopic (exact) mass is 415 g/mol. The van der Waals surface area contributed by atoms with Crippen LogP contribution in [0.25, 0.3) is 10.9 Å². The van der Waals surface area contributed by atoms with Crippen LogP contribution < -0.4 is 22.5 Å². The predicted molar refractivity (Wildman–Crippen MR) is 113 cm³/mol. The molecule has 3 aromatic rings. The van der Waals surface area contributed by atoms with E-state index in [-0.39, 0.29) is 28.6 Å². The van der Waals surface area contributed by atoms with E-state index in [9.17, 15) is 19.2 Å². The molecule has 0 aliphatic heterocycles. The number of carbonyl (C=O) groups excluding carboxylic acids is 1. The van der Waals surface area contributed by atoms with Crippen molar-refractivity contribution in [2.24, 2.45) is 13.0 Å². The minimum Gasteiger partial charge on any atom is -0.384 e. The number of nitrogen functional groups attached to an aromatic ring is 1. The predicted octanol–water partition coefficient (Wildman–Crippen LogP) is 0.997. The Morgan fingerprint density at radius 3 is 2.62 bits per heavy atom. The van der Waals surface area contributed by atoms with Crippen LogP contribution >= 0.6 is 11.8 Å². The zero-order chi connectivity index (χ0) is 21.3. The number of para-hydroxylation sites is 1. The van der Waals surface area contributed by atoms with Gasteiger partial charge in [0.15, 0.2) is 10.9 Å². The average molecular weight is 415 g/mol. The van der Waals surface area contributed by atoms with Crippen LogP contribution in [-0.2, 0) is 13.6 Å². The molecule has 3 N–H and O–H groups in total. The number of aromatic amines is 1. The molecule has 9 nitrogen and oxygen atoms in total. The highest BCUT2D eigenvalue weighted by Crippen LogP contribution is 2.20. The number of nitrogens with zero attached hydrogens (tertiary/aromatic N) is 3. The third-order valence-electron chi connectivity index (χ3n) is 4.36. The lowest BCUT2D eigenvalue weighted by Crippen LogP contribution is -2.35. The summed E-state index contributed by atoms with van der Waals surface area (Å²) in [5, 5.41) is 0.887. The van der Waals surface area contributed by atoms with Gasteiger partial charge in [-0.25, -0.2) is 9.78 Å². The Bertz CT molecular complexity index is 1270. The molecule has 152 valence electrons. The number of fused-ring (bicyclic) bond motifs is 1. The zero-order valence-electron chi connectivity index (χ0n) is 16.3. The standard InChI is InChI=1S/C19H21N5O4S/c1-10(2)8-24-17(27)11-6-4-5-7-12(11)21-19(24)29-9-13(25)14-15(20)23(3)18(28)22-16(14)26/h4-7,10H,8-9,20H2,1-3H3,(H,22,26,28). The normalized spacial score (nSPS) is 11.3. The number of hydrogen-bond acceptors (Lipinski definition) is 7. The molecule has 1 aromatic carbocycles. The van der Waals surface area contributed by atoms with Gasteiger partial charge in [0.05, 0.1) is 16.7 Å². The largest absolute Gasteiger partial charge is 0.384 e. The van der Waals surface area contributed by atoms with Crippen LogP contribution in [-0.4, -0.2) is 30.6 Å². The first-order valence-corrected chi connectivity index (χ1v) is 9.93. The summed E-state index contributed by atoms with van der Waals surface area (Å²) in [6, 6.07) is 7.01. The first kappa shape index (κ1) is 20.6. The number of benzene rings is 1. The van der Waals surface area contributed by atoms with Crippen molar-refractivity contribution in [3.8, 4) is 0 Å². The molecule has 3 rings (SSSR count). The maximum absolute atomic E-state index is 12.9. The van der Waals surface area contributed by atoms with Crippen LogP contribution in [0.4, 0.5) is 5.82 Å². The lowest BCUT2D eigenvalue weighted by molar-refractivity contribution is 0.102. The van der Waals surface area contributed by atoms with E-state index in [1.54, 1.807) is 28.8 Å². The van der Waals surface area contributed by atoms with Gasteiger partial charge < -0.3 is 5.73 Å². The van der Waals surface area contributed by atoms with E-state index >= 15 is 0 Å². The fourth-order valence-electron chi connectivity index (χ4n) is 2.89. The van der Waals surface area contributed by atoms with Crippen LogP contribution in [0.3, 0.4) is 0 Å². The van der Waals surface area contributed by atoms with Crippen molar-refractivity contribution in [1.82, 2.24) is 19.1 Å². The molecule has 0 aliphatic rings. The van der Waals surface area contributed by atoms with Crippen molar-refractivity contribution >= 4 is 34.3 Å². The molecule has 2 heterocycles. The molecule has 2 aromatic heterocycles. The third kappa shape index (κ3) is 4.02.